The van der Waals surface area contributed by atoms with E-state index in [0.29, 0.717) is 18.2 Å². The molecule has 6 heteroatoms. The zero-order chi connectivity index (χ0) is 16.8. The summed E-state index contributed by atoms with van der Waals surface area (Å²) in [5.74, 6) is 0.942. The van der Waals surface area contributed by atoms with Crippen molar-refractivity contribution in [1.82, 2.24) is 5.32 Å². The average Bonchev–Trinajstić information content (AvgIpc) is 2.40. The maximum absolute atomic E-state index is 11.5. The lowest BCUT2D eigenvalue weighted by molar-refractivity contribution is 0.484. The van der Waals surface area contributed by atoms with Gasteiger partial charge in [-0.05, 0) is 32.4 Å². The Bertz CT molecular complexity index is 567. The minimum absolute atomic E-state index is 0.406. The largest absolute Gasteiger partial charge is 0.382 e. The summed E-state index contributed by atoms with van der Waals surface area (Å²) in [5, 5.41) is 3.32. The number of nitrogens with one attached hydrogen (secondary N) is 1. The molecule has 0 aliphatic heterocycles. The molecule has 1 N–H and O–H groups in total. The predicted molar refractivity (Wildman–Crippen MR) is 92.0 cm³/mol. The van der Waals surface area contributed by atoms with Gasteiger partial charge < -0.3 is 14.4 Å². The molecule has 0 aliphatic carbocycles. The molecule has 1 rings (SSSR count). The van der Waals surface area contributed by atoms with E-state index >= 15 is 0 Å². The van der Waals surface area contributed by atoms with Gasteiger partial charge in [-0.3, -0.25) is 0 Å². The Morgan fingerprint density at radius 1 is 1.23 bits per heavy atom. The van der Waals surface area contributed by atoms with Crippen LogP contribution in [0.3, 0.4) is 0 Å². The van der Waals surface area contributed by atoms with E-state index in [2.05, 4.69) is 37.9 Å². The molecule has 0 bridgehead atoms. The van der Waals surface area contributed by atoms with Gasteiger partial charge in [-0.25, -0.2) is 0 Å². The Kier molecular flexibility index (Phi) is 7.16. The van der Waals surface area contributed by atoms with E-state index in [-0.39, 0.29) is 0 Å². The number of anilines is 1. The molecule has 0 atom stereocenters. The van der Waals surface area contributed by atoms with Crippen LogP contribution < -0.4 is 14.4 Å². The lowest BCUT2D eigenvalue weighted by Gasteiger charge is -2.22. The van der Waals surface area contributed by atoms with Crippen LogP contribution >= 0.6 is 0 Å². The monoisotopic (exact) mass is 328 g/mol. The van der Waals surface area contributed by atoms with Crippen molar-refractivity contribution in [1.29, 1.82) is 0 Å². The fraction of sp³-hybridized carbons (Fsp3) is 0.625. The summed E-state index contributed by atoms with van der Waals surface area (Å²) in [7, 11) is -3.54. The van der Waals surface area contributed by atoms with E-state index in [1.807, 2.05) is 12.1 Å². The molecular formula is C16H28N2O3S. The summed E-state index contributed by atoms with van der Waals surface area (Å²) in [6.07, 6.45) is 1.07. The second kappa shape index (κ2) is 8.39. The van der Waals surface area contributed by atoms with E-state index in [1.165, 1.54) is 0 Å². The number of hydrogen-bond acceptors (Lipinski definition) is 5. The fourth-order valence-electron chi connectivity index (χ4n) is 2.21. The molecule has 0 aliphatic rings. The van der Waals surface area contributed by atoms with Gasteiger partial charge >= 0.3 is 10.1 Å². The molecule has 5 nitrogen and oxygen atoms in total. The fourth-order valence-corrected chi connectivity index (χ4v) is 2.69. The third kappa shape index (κ3) is 6.23. The van der Waals surface area contributed by atoms with E-state index in [4.69, 9.17) is 4.18 Å². The first-order valence-corrected chi connectivity index (χ1v) is 9.56. The van der Waals surface area contributed by atoms with E-state index in [9.17, 15) is 8.42 Å². The molecule has 0 saturated carbocycles. The predicted octanol–water partition coefficient (Wildman–Crippen LogP) is 2.62. The first kappa shape index (κ1) is 18.8. The van der Waals surface area contributed by atoms with Crippen LogP contribution in [0.25, 0.3) is 0 Å². The Balaban J connectivity index is 3.04. The molecule has 22 heavy (non-hydrogen) atoms. The molecule has 1 aromatic rings. The Morgan fingerprint density at radius 3 is 2.36 bits per heavy atom. The highest BCUT2D eigenvalue weighted by atomic mass is 32.2. The third-order valence-corrected chi connectivity index (χ3v) is 3.77. The zero-order valence-corrected chi connectivity index (χ0v) is 15.0. The van der Waals surface area contributed by atoms with Gasteiger partial charge in [0.2, 0.25) is 0 Å². The Hall–Kier alpha value is -1.27. The quantitative estimate of drug-likeness (QED) is 0.706. The summed E-state index contributed by atoms with van der Waals surface area (Å²) in [6, 6.07) is 5.75. The minimum Gasteiger partial charge on any atom is -0.382 e. The summed E-state index contributed by atoms with van der Waals surface area (Å²) in [4.78, 5) is 2.15. The van der Waals surface area contributed by atoms with Crippen molar-refractivity contribution in [2.75, 3.05) is 30.8 Å². The van der Waals surface area contributed by atoms with Crippen LogP contribution in [0.5, 0.6) is 5.75 Å². The van der Waals surface area contributed by atoms with Gasteiger partial charge in [0.15, 0.2) is 0 Å². The highest BCUT2D eigenvalue weighted by Crippen LogP contribution is 2.27. The molecule has 1 aromatic carbocycles. The Morgan fingerprint density at radius 2 is 1.86 bits per heavy atom. The maximum atomic E-state index is 11.5. The second-order valence-electron chi connectivity index (χ2n) is 5.78. The van der Waals surface area contributed by atoms with Crippen LogP contribution in [-0.4, -0.2) is 34.3 Å². The van der Waals surface area contributed by atoms with Crippen LogP contribution in [0.15, 0.2) is 18.2 Å². The molecule has 0 unspecified atom stereocenters. The number of benzene rings is 1. The number of hydrogen-bond donors (Lipinski definition) is 1. The van der Waals surface area contributed by atoms with Crippen molar-refractivity contribution in [3.8, 4) is 5.75 Å². The molecule has 0 fully saturated rings. The summed E-state index contributed by atoms with van der Waals surface area (Å²) < 4.78 is 28.2. The highest BCUT2D eigenvalue weighted by Gasteiger charge is 2.13. The maximum Gasteiger partial charge on any atom is 0.306 e. The van der Waals surface area contributed by atoms with Gasteiger partial charge in [-0.1, -0.05) is 19.9 Å². The molecule has 0 heterocycles. The molecule has 0 saturated heterocycles. The second-order valence-corrected chi connectivity index (χ2v) is 7.35. The van der Waals surface area contributed by atoms with Crippen molar-refractivity contribution >= 4 is 15.8 Å². The molecule has 0 radical (unpaired) electrons. The molecule has 0 amide bonds. The van der Waals surface area contributed by atoms with E-state index in [0.717, 1.165) is 37.1 Å². The SMILES string of the molecule is CCN(CC)c1ccc(CNCC(C)C)c(OS(C)(=O)=O)c1. The lowest BCUT2D eigenvalue weighted by atomic mass is 10.1. The average molecular weight is 328 g/mol. The normalized spacial score (nSPS) is 11.7. The highest BCUT2D eigenvalue weighted by molar-refractivity contribution is 7.86. The molecule has 0 aromatic heterocycles. The van der Waals surface area contributed by atoms with Crippen LogP contribution in [0.1, 0.15) is 33.3 Å². The van der Waals surface area contributed by atoms with Crippen LogP contribution in [-0.2, 0) is 16.7 Å². The van der Waals surface area contributed by atoms with E-state index in [1.54, 1.807) is 6.07 Å². The van der Waals surface area contributed by atoms with Gasteiger partial charge in [0, 0.05) is 37.0 Å². The smallest absolute Gasteiger partial charge is 0.306 e. The third-order valence-electron chi connectivity index (χ3n) is 3.29. The van der Waals surface area contributed by atoms with Crippen LogP contribution in [0.2, 0.25) is 0 Å². The molecular weight excluding hydrogens is 300 g/mol. The first-order chi connectivity index (χ1) is 10.3. The molecule has 126 valence electrons. The van der Waals surface area contributed by atoms with Gasteiger partial charge in [0.1, 0.15) is 5.75 Å². The standard InChI is InChI=1S/C16H28N2O3S/c1-6-18(7-2)15-9-8-14(12-17-11-13(3)4)16(10-15)21-22(5,19)20/h8-10,13,17H,6-7,11-12H2,1-5H3. The van der Waals surface area contributed by atoms with Crippen LogP contribution in [0, 0.1) is 5.92 Å². The van der Waals surface area contributed by atoms with Crippen molar-refractivity contribution in [2.24, 2.45) is 5.92 Å². The van der Waals surface area contributed by atoms with E-state index < -0.39 is 10.1 Å². The van der Waals surface area contributed by atoms with Crippen molar-refractivity contribution in [2.45, 2.75) is 34.2 Å². The van der Waals surface area contributed by atoms with Crippen molar-refractivity contribution in [3.63, 3.8) is 0 Å². The van der Waals surface area contributed by atoms with Gasteiger partial charge in [0.05, 0.1) is 6.26 Å². The molecule has 0 spiro atoms. The minimum atomic E-state index is -3.54. The first-order valence-electron chi connectivity index (χ1n) is 7.74. The lowest BCUT2D eigenvalue weighted by Crippen LogP contribution is -2.23. The zero-order valence-electron chi connectivity index (χ0n) is 14.2. The topological polar surface area (TPSA) is 58.6 Å². The number of rotatable bonds is 9. The Labute approximate surface area is 134 Å². The summed E-state index contributed by atoms with van der Waals surface area (Å²) in [5.41, 5.74) is 1.82. The van der Waals surface area contributed by atoms with Crippen molar-refractivity contribution in [3.05, 3.63) is 23.8 Å². The van der Waals surface area contributed by atoms with Crippen LogP contribution in [0.4, 0.5) is 5.69 Å². The van der Waals surface area contributed by atoms with Gasteiger partial charge in [-0.2, -0.15) is 8.42 Å². The van der Waals surface area contributed by atoms with Crippen molar-refractivity contribution < 1.29 is 12.6 Å². The van der Waals surface area contributed by atoms with Gasteiger partial charge in [-0.15, -0.1) is 0 Å². The van der Waals surface area contributed by atoms with Gasteiger partial charge in [0.25, 0.3) is 0 Å². The summed E-state index contributed by atoms with van der Waals surface area (Å²) >= 11 is 0. The number of nitrogens with zero attached hydrogens (tertiary/aromatic N) is 1. The summed E-state index contributed by atoms with van der Waals surface area (Å²) in [6.45, 7) is 11.6.